The van der Waals surface area contributed by atoms with E-state index in [4.69, 9.17) is 0 Å². The summed E-state index contributed by atoms with van der Waals surface area (Å²) in [5.41, 5.74) is 3.57. The lowest BCUT2D eigenvalue weighted by atomic mass is 9.80. The van der Waals surface area contributed by atoms with Crippen molar-refractivity contribution in [2.24, 2.45) is 0 Å². The smallest absolute Gasteiger partial charge is 0.163 e. The number of Topliss-reactive ketones (excluding diaryl/α,β-unsaturated/α-hetero) is 1. The van der Waals surface area contributed by atoms with Crippen LogP contribution in [0.2, 0.25) is 0 Å². The minimum Gasteiger partial charge on any atom is -0.294 e. The lowest BCUT2D eigenvalue weighted by molar-refractivity contribution is 0.0971. The van der Waals surface area contributed by atoms with Crippen molar-refractivity contribution < 1.29 is 4.79 Å². The first-order valence-corrected chi connectivity index (χ1v) is 6.85. The SMILES string of the molecule is O=C(CC1CCCc2ccccc21)c1ccncc1. The Labute approximate surface area is 113 Å². The molecule has 0 saturated carbocycles. The topological polar surface area (TPSA) is 30.0 Å². The number of benzene rings is 1. The Balaban J connectivity index is 1.80. The van der Waals surface area contributed by atoms with E-state index < -0.39 is 0 Å². The average molecular weight is 251 g/mol. The Bertz CT molecular complexity index is 577. The number of fused-ring (bicyclic) bond motifs is 1. The number of ketones is 1. The predicted octanol–water partition coefficient (Wildman–Crippen LogP) is 3.77. The van der Waals surface area contributed by atoms with E-state index in [1.54, 1.807) is 24.5 Å². The average Bonchev–Trinajstić information content (AvgIpc) is 2.48. The number of hydrogen-bond acceptors (Lipinski definition) is 2. The maximum absolute atomic E-state index is 12.3. The van der Waals surface area contributed by atoms with E-state index in [1.165, 1.54) is 17.5 Å². The van der Waals surface area contributed by atoms with Gasteiger partial charge in [0.2, 0.25) is 0 Å². The second kappa shape index (κ2) is 5.35. The number of rotatable bonds is 3. The normalized spacial score (nSPS) is 17.8. The molecule has 0 radical (unpaired) electrons. The van der Waals surface area contributed by atoms with Crippen LogP contribution in [-0.4, -0.2) is 10.8 Å². The fourth-order valence-electron chi connectivity index (χ4n) is 2.95. The molecule has 1 aliphatic carbocycles. The van der Waals surface area contributed by atoms with Gasteiger partial charge in [-0.25, -0.2) is 0 Å². The van der Waals surface area contributed by atoms with Crippen molar-refractivity contribution in [2.75, 3.05) is 0 Å². The van der Waals surface area contributed by atoms with Gasteiger partial charge >= 0.3 is 0 Å². The Morgan fingerprint density at radius 3 is 2.79 bits per heavy atom. The molecular formula is C17H17NO. The first-order chi connectivity index (χ1) is 9.34. The summed E-state index contributed by atoms with van der Waals surface area (Å²) in [6.07, 6.45) is 7.43. The number of pyridine rings is 1. The molecule has 0 aliphatic heterocycles. The first kappa shape index (κ1) is 12.1. The number of aromatic nitrogens is 1. The Morgan fingerprint density at radius 1 is 1.16 bits per heavy atom. The van der Waals surface area contributed by atoms with Gasteiger partial charge in [-0.2, -0.15) is 0 Å². The van der Waals surface area contributed by atoms with Crippen LogP contribution in [0, 0.1) is 0 Å². The van der Waals surface area contributed by atoms with Gasteiger partial charge in [0, 0.05) is 24.4 Å². The quantitative estimate of drug-likeness (QED) is 0.777. The summed E-state index contributed by atoms with van der Waals surface area (Å²) in [5, 5.41) is 0. The van der Waals surface area contributed by atoms with Gasteiger partial charge in [0.25, 0.3) is 0 Å². The van der Waals surface area contributed by atoms with Gasteiger partial charge in [-0.15, -0.1) is 0 Å². The zero-order chi connectivity index (χ0) is 13.1. The van der Waals surface area contributed by atoms with Gasteiger partial charge in [0.05, 0.1) is 0 Å². The molecule has 2 heteroatoms. The maximum Gasteiger partial charge on any atom is 0.163 e. The summed E-state index contributed by atoms with van der Waals surface area (Å²) in [5.74, 6) is 0.606. The summed E-state index contributed by atoms with van der Waals surface area (Å²) in [4.78, 5) is 16.3. The molecule has 1 unspecified atom stereocenters. The second-order valence-corrected chi connectivity index (χ2v) is 5.15. The van der Waals surface area contributed by atoms with E-state index in [0.29, 0.717) is 12.3 Å². The maximum atomic E-state index is 12.3. The van der Waals surface area contributed by atoms with Gasteiger partial charge < -0.3 is 0 Å². The van der Waals surface area contributed by atoms with E-state index in [-0.39, 0.29) is 5.78 Å². The molecule has 3 rings (SSSR count). The third-order valence-corrected chi connectivity index (χ3v) is 3.93. The molecule has 0 saturated heterocycles. The standard InChI is InChI=1S/C17H17NO/c19-17(14-8-10-18-11-9-14)12-15-6-3-5-13-4-1-2-7-16(13)15/h1-2,4,7-11,15H,3,5-6,12H2. The third-order valence-electron chi connectivity index (χ3n) is 3.93. The van der Waals surface area contributed by atoms with E-state index in [2.05, 4.69) is 29.2 Å². The monoisotopic (exact) mass is 251 g/mol. The van der Waals surface area contributed by atoms with Crippen LogP contribution in [0.5, 0.6) is 0 Å². The fourth-order valence-corrected chi connectivity index (χ4v) is 2.95. The summed E-state index contributed by atoms with van der Waals surface area (Å²) in [6.45, 7) is 0. The Morgan fingerprint density at radius 2 is 1.95 bits per heavy atom. The highest BCUT2D eigenvalue weighted by Gasteiger charge is 2.22. The highest BCUT2D eigenvalue weighted by molar-refractivity contribution is 5.96. The largest absolute Gasteiger partial charge is 0.294 e. The predicted molar refractivity (Wildman–Crippen MR) is 75.3 cm³/mol. The van der Waals surface area contributed by atoms with Crippen LogP contribution in [0.4, 0.5) is 0 Å². The molecular weight excluding hydrogens is 234 g/mol. The minimum absolute atomic E-state index is 0.226. The highest BCUT2D eigenvalue weighted by atomic mass is 16.1. The van der Waals surface area contributed by atoms with Crippen molar-refractivity contribution in [1.29, 1.82) is 0 Å². The van der Waals surface area contributed by atoms with Crippen molar-refractivity contribution in [3.8, 4) is 0 Å². The van der Waals surface area contributed by atoms with Crippen molar-refractivity contribution in [2.45, 2.75) is 31.6 Å². The zero-order valence-corrected chi connectivity index (χ0v) is 10.9. The molecule has 0 spiro atoms. The molecule has 1 aromatic carbocycles. The van der Waals surface area contributed by atoms with Crippen LogP contribution in [0.15, 0.2) is 48.8 Å². The van der Waals surface area contributed by atoms with Gasteiger partial charge in [-0.1, -0.05) is 24.3 Å². The lowest BCUT2D eigenvalue weighted by Gasteiger charge is -2.24. The van der Waals surface area contributed by atoms with Gasteiger partial charge in [-0.3, -0.25) is 9.78 Å². The van der Waals surface area contributed by atoms with Crippen molar-refractivity contribution in [3.05, 3.63) is 65.5 Å². The van der Waals surface area contributed by atoms with Crippen molar-refractivity contribution in [3.63, 3.8) is 0 Å². The molecule has 0 N–H and O–H groups in total. The third kappa shape index (κ3) is 2.58. The molecule has 1 atom stereocenters. The van der Waals surface area contributed by atoms with Crippen LogP contribution in [0.1, 0.15) is 46.7 Å². The number of aryl methyl sites for hydroxylation is 1. The van der Waals surface area contributed by atoms with Crippen LogP contribution < -0.4 is 0 Å². The molecule has 2 aromatic rings. The molecule has 96 valence electrons. The first-order valence-electron chi connectivity index (χ1n) is 6.85. The summed E-state index contributed by atoms with van der Waals surface area (Å²) in [6, 6.07) is 12.1. The second-order valence-electron chi connectivity index (χ2n) is 5.15. The number of nitrogens with zero attached hydrogens (tertiary/aromatic N) is 1. The summed E-state index contributed by atoms with van der Waals surface area (Å²) < 4.78 is 0. The molecule has 1 heterocycles. The molecule has 0 fully saturated rings. The van der Waals surface area contributed by atoms with E-state index in [0.717, 1.165) is 18.4 Å². The van der Waals surface area contributed by atoms with E-state index in [9.17, 15) is 4.79 Å². The Kier molecular flexibility index (Phi) is 3.41. The van der Waals surface area contributed by atoms with Crippen molar-refractivity contribution >= 4 is 5.78 Å². The van der Waals surface area contributed by atoms with Crippen LogP contribution in [-0.2, 0) is 6.42 Å². The summed E-state index contributed by atoms with van der Waals surface area (Å²) >= 11 is 0. The van der Waals surface area contributed by atoms with Gasteiger partial charge in [0.1, 0.15) is 0 Å². The molecule has 1 aromatic heterocycles. The molecule has 1 aliphatic rings. The van der Waals surface area contributed by atoms with Gasteiger partial charge in [0.15, 0.2) is 5.78 Å². The van der Waals surface area contributed by atoms with Crippen LogP contribution in [0.25, 0.3) is 0 Å². The van der Waals surface area contributed by atoms with Gasteiger partial charge in [-0.05, 0) is 48.4 Å². The van der Waals surface area contributed by atoms with Crippen LogP contribution in [0.3, 0.4) is 0 Å². The zero-order valence-electron chi connectivity index (χ0n) is 10.9. The van der Waals surface area contributed by atoms with E-state index in [1.807, 2.05) is 0 Å². The Hall–Kier alpha value is -1.96. The lowest BCUT2D eigenvalue weighted by Crippen LogP contribution is -2.14. The highest BCUT2D eigenvalue weighted by Crippen LogP contribution is 2.34. The number of hydrogen-bond donors (Lipinski definition) is 0. The van der Waals surface area contributed by atoms with Crippen molar-refractivity contribution in [1.82, 2.24) is 4.98 Å². The van der Waals surface area contributed by atoms with E-state index >= 15 is 0 Å². The molecule has 0 bridgehead atoms. The molecule has 2 nitrogen and oxygen atoms in total. The molecule has 0 amide bonds. The number of carbonyl (C=O) groups is 1. The minimum atomic E-state index is 0.226. The number of carbonyl (C=O) groups excluding carboxylic acids is 1. The summed E-state index contributed by atoms with van der Waals surface area (Å²) in [7, 11) is 0. The van der Waals surface area contributed by atoms with Crippen LogP contribution >= 0.6 is 0 Å². The molecule has 19 heavy (non-hydrogen) atoms. The fraction of sp³-hybridized carbons (Fsp3) is 0.294.